The summed E-state index contributed by atoms with van der Waals surface area (Å²) in [5, 5.41) is 5.60. The number of ether oxygens (including phenoxy) is 1. The number of thiophene rings is 1. The van der Waals surface area contributed by atoms with E-state index in [4.69, 9.17) is 4.74 Å². The number of aryl methyl sites for hydroxylation is 1. The number of carbonyl (C=O) groups excluding carboxylic acids is 2. The Kier molecular flexibility index (Phi) is 6.26. The molecule has 1 aliphatic rings. The zero-order valence-electron chi connectivity index (χ0n) is 16.9. The van der Waals surface area contributed by atoms with Gasteiger partial charge < -0.3 is 15.4 Å². The Hall–Kier alpha value is -2.96. The number of nitrogens with two attached hydrogens (primary N) is 1. The molecular formula is C24H25N2O3S+. The smallest absolute Gasteiger partial charge is 0.341 e. The van der Waals surface area contributed by atoms with Crippen LogP contribution in [0.25, 0.3) is 0 Å². The minimum atomic E-state index is -0.375. The summed E-state index contributed by atoms with van der Waals surface area (Å²) in [5.41, 5.74) is 3.85. The summed E-state index contributed by atoms with van der Waals surface area (Å²) in [6.07, 6.45) is 2.86. The summed E-state index contributed by atoms with van der Waals surface area (Å²) in [5.74, 6) is -0.503. The van der Waals surface area contributed by atoms with Gasteiger partial charge in [-0.15, -0.1) is 11.3 Å². The molecule has 0 spiro atoms. The van der Waals surface area contributed by atoms with Crippen molar-refractivity contribution in [1.82, 2.24) is 0 Å². The SMILES string of the molecule is COC(=O)c1c(NC(=O)C[NH2+]C(c2ccccc2)c2ccccc2)sc2c1CCC2. The molecule has 1 aliphatic carbocycles. The van der Waals surface area contributed by atoms with E-state index >= 15 is 0 Å². The number of esters is 1. The Labute approximate surface area is 180 Å². The lowest BCUT2D eigenvalue weighted by atomic mass is 9.99. The molecule has 0 radical (unpaired) electrons. The summed E-state index contributed by atoms with van der Waals surface area (Å²) in [4.78, 5) is 26.3. The molecule has 4 rings (SSSR count). The Morgan fingerprint density at radius 3 is 2.27 bits per heavy atom. The lowest BCUT2D eigenvalue weighted by molar-refractivity contribution is -0.676. The van der Waals surface area contributed by atoms with E-state index in [0.717, 1.165) is 36.0 Å². The Morgan fingerprint density at radius 1 is 1.03 bits per heavy atom. The zero-order valence-corrected chi connectivity index (χ0v) is 17.7. The van der Waals surface area contributed by atoms with E-state index in [1.54, 1.807) is 0 Å². The molecule has 0 saturated heterocycles. The molecule has 0 fully saturated rings. The van der Waals surface area contributed by atoms with Crippen molar-refractivity contribution in [1.29, 1.82) is 0 Å². The maximum Gasteiger partial charge on any atom is 0.341 e. The molecule has 5 nitrogen and oxygen atoms in total. The van der Waals surface area contributed by atoms with Crippen LogP contribution in [0, 0.1) is 0 Å². The van der Waals surface area contributed by atoms with Crippen LogP contribution >= 0.6 is 11.3 Å². The lowest BCUT2D eigenvalue weighted by Crippen LogP contribution is -2.87. The predicted molar refractivity (Wildman–Crippen MR) is 118 cm³/mol. The fourth-order valence-electron chi connectivity index (χ4n) is 4.00. The van der Waals surface area contributed by atoms with Crippen molar-refractivity contribution in [3.05, 3.63) is 87.8 Å². The third-order valence-electron chi connectivity index (χ3n) is 5.42. The molecule has 3 N–H and O–H groups in total. The molecule has 1 heterocycles. The van der Waals surface area contributed by atoms with Gasteiger partial charge in [0.1, 0.15) is 11.0 Å². The number of carbonyl (C=O) groups is 2. The van der Waals surface area contributed by atoms with E-state index in [1.807, 2.05) is 41.7 Å². The average molecular weight is 422 g/mol. The second-order valence-corrected chi connectivity index (χ2v) is 8.45. The van der Waals surface area contributed by atoms with E-state index in [-0.39, 0.29) is 24.5 Å². The molecule has 0 unspecified atom stereocenters. The maximum atomic E-state index is 12.8. The zero-order chi connectivity index (χ0) is 20.9. The minimum Gasteiger partial charge on any atom is -0.465 e. The second-order valence-electron chi connectivity index (χ2n) is 7.34. The maximum absolute atomic E-state index is 12.8. The highest BCUT2D eigenvalue weighted by Crippen LogP contribution is 2.39. The van der Waals surface area contributed by atoms with Crippen LogP contribution in [0.2, 0.25) is 0 Å². The first-order chi connectivity index (χ1) is 14.7. The number of hydrogen-bond acceptors (Lipinski definition) is 4. The van der Waals surface area contributed by atoms with Gasteiger partial charge >= 0.3 is 5.97 Å². The first-order valence-electron chi connectivity index (χ1n) is 10.1. The molecule has 6 heteroatoms. The molecule has 0 atom stereocenters. The minimum absolute atomic E-state index is 0.0200. The quantitative estimate of drug-likeness (QED) is 0.575. The van der Waals surface area contributed by atoms with Crippen molar-refractivity contribution in [2.24, 2.45) is 0 Å². The van der Waals surface area contributed by atoms with Gasteiger partial charge in [0.15, 0.2) is 6.54 Å². The van der Waals surface area contributed by atoms with Gasteiger partial charge in [0, 0.05) is 16.0 Å². The van der Waals surface area contributed by atoms with Crippen molar-refractivity contribution in [3.8, 4) is 0 Å². The van der Waals surface area contributed by atoms with Crippen LogP contribution in [-0.4, -0.2) is 25.5 Å². The fraction of sp³-hybridized carbons (Fsp3) is 0.250. The highest BCUT2D eigenvalue weighted by atomic mass is 32.1. The number of methoxy groups -OCH3 is 1. The lowest BCUT2D eigenvalue weighted by Gasteiger charge is -2.16. The molecular weight excluding hydrogens is 396 g/mol. The van der Waals surface area contributed by atoms with Gasteiger partial charge in [-0.25, -0.2) is 4.79 Å². The number of nitrogens with one attached hydrogen (secondary N) is 1. The molecule has 154 valence electrons. The molecule has 1 amide bonds. The van der Waals surface area contributed by atoms with Crippen molar-refractivity contribution >= 4 is 28.2 Å². The van der Waals surface area contributed by atoms with E-state index < -0.39 is 0 Å². The van der Waals surface area contributed by atoms with Gasteiger partial charge in [-0.3, -0.25) is 4.79 Å². The highest BCUT2D eigenvalue weighted by molar-refractivity contribution is 7.17. The molecule has 2 aromatic carbocycles. The van der Waals surface area contributed by atoms with Crippen molar-refractivity contribution < 1.29 is 19.6 Å². The van der Waals surface area contributed by atoms with Gasteiger partial charge in [0.25, 0.3) is 5.91 Å². The fourth-order valence-corrected chi connectivity index (χ4v) is 5.29. The molecule has 3 aromatic rings. The summed E-state index contributed by atoms with van der Waals surface area (Å²) >= 11 is 1.50. The number of rotatable bonds is 7. The monoisotopic (exact) mass is 421 g/mol. The van der Waals surface area contributed by atoms with Gasteiger partial charge in [-0.1, -0.05) is 60.7 Å². The first-order valence-corrected chi connectivity index (χ1v) is 10.9. The van der Waals surface area contributed by atoms with Crippen LogP contribution in [0.15, 0.2) is 60.7 Å². The van der Waals surface area contributed by atoms with Crippen LogP contribution in [0.1, 0.15) is 44.4 Å². The van der Waals surface area contributed by atoms with Gasteiger partial charge in [0.05, 0.1) is 12.7 Å². The van der Waals surface area contributed by atoms with Gasteiger partial charge in [-0.05, 0) is 24.8 Å². The highest BCUT2D eigenvalue weighted by Gasteiger charge is 2.28. The number of hydrogen-bond donors (Lipinski definition) is 2. The summed E-state index contributed by atoms with van der Waals surface area (Å²) in [6.45, 7) is 0.248. The van der Waals surface area contributed by atoms with E-state index in [0.29, 0.717) is 10.6 Å². The molecule has 0 aliphatic heterocycles. The number of fused-ring (bicyclic) bond motifs is 1. The van der Waals surface area contributed by atoms with Crippen LogP contribution in [0.3, 0.4) is 0 Å². The summed E-state index contributed by atoms with van der Waals surface area (Å²) < 4.78 is 4.96. The van der Waals surface area contributed by atoms with Crippen LogP contribution in [0.5, 0.6) is 0 Å². The normalized spacial score (nSPS) is 12.6. The predicted octanol–water partition coefficient (Wildman–Crippen LogP) is 3.31. The van der Waals surface area contributed by atoms with Crippen molar-refractivity contribution in [2.45, 2.75) is 25.3 Å². The summed E-state index contributed by atoms with van der Waals surface area (Å²) in [7, 11) is 1.38. The van der Waals surface area contributed by atoms with Gasteiger partial charge in [-0.2, -0.15) is 0 Å². The molecule has 30 heavy (non-hydrogen) atoms. The topological polar surface area (TPSA) is 72.0 Å². The van der Waals surface area contributed by atoms with Crippen molar-refractivity contribution in [2.75, 3.05) is 19.0 Å². The van der Waals surface area contributed by atoms with E-state index in [9.17, 15) is 9.59 Å². The Balaban J connectivity index is 1.49. The van der Waals surface area contributed by atoms with Crippen LogP contribution < -0.4 is 10.6 Å². The average Bonchev–Trinajstić information content (AvgIpc) is 3.36. The van der Waals surface area contributed by atoms with Gasteiger partial charge in [0.2, 0.25) is 0 Å². The van der Waals surface area contributed by atoms with Crippen molar-refractivity contribution in [3.63, 3.8) is 0 Å². The molecule has 0 bridgehead atoms. The standard InChI is InChI=1S/C24H24N2O3S/c1-29-24(28)21-18-13-8-14-19(18)30-23(21)26-20(27)15-25-22(16-9-4-2-5-10-16)17-11-6-3-7-12-17/h2-7,9-12,22,25H,8,13-15H2,1H3,(H,26,27)/p+1. The van der Waals surface area contributed by atoms with Crippen LogP contribution in [-0.2, 0) is 22.4 Å². The van der Waals surface area contributed by atoms with E-state index in [2.05, 4.69) is 29.6 Å². The largest absolute Gasteiger partial charge is 0.465 e. The Bertz CT molecular complexity index is 992. The number of benzene rings is 2. The number of quaternary nitrogens is 1. The first kappa shape index (κ1) is 20.3. The molecule has 1 aromatic heterocycles. The van der Waals surface area contributed by atoms with E-state index in [1.165, 1.54) is 23.3 Å². The third-order valence-corrected chi connectivity index (χ3v) is 6.63. The Morgan fingerprint density at radius 2 is 1.67 bits per heavy atom. The number of anilines is 1. The van der Waals surface area contributed by atoms with Crippen LogP contribution in [0.4, 0.5) is 5.00 Å². The number of amides is 1. The summed E-state index contributed by atoms with van der Waals surface area (Å²) in [6, 6.07) is 20.3. The third kappa shape index (κ3) is 4.30. The molecule has 0 saturated carbocycles. The second kappa shape index (κ2) is 9.24.